The predicted octanol–water partition coefficient (Wildman–Crippen LogP) is 1.27. The maximum Gasteiger partial charge on any atom is 0.188 e. The number of nitrogens with zero attached hydrogens (tertiary/aromatic N) is 6. The Kier molecular flexibility index (Phi) is 2.76. The lowest BCUT2D eigenvalue weighted by atomic mass is 9.97. The van der Waals surface area contributed by atoms with Crippen LogP contribution in [-0.2, 0) is 16.9 Å². The summed E-state index contributed by atoms with van der Waals surface area (Å²) in [6.45, 7) is 0.222. The van der Waals surface area contributed by atoms with Gasteiger partial charge in [-0.15, -0.1) is 0 Å². The zero-order valence-electron chi connectivity index (χ0n) is 11.2. The Morgan fingerprint density at radius 2 is 1.95 bits per heavy atom. The number of rotatable bonds is 4. The summed E-state index contributed by atoms with van der Waals surface area (Å²) >= 11 is 0. The maximum atomic E-state index is 14.2. The Labute approximate surface area is 123 Å². The average Bonchev–Trinajstić information content (AvgIpc) is 2.91. The molecule has 0 bridgehead atoms. The van der Waals surface area contributed by atoms with Crippen molar-refractivity contribution < 1.29 is 13.5 Å². The second-order valence-electron chi connectivity index (χ2n) is 4.95. The number of aromatic nitrogens is 6. The van der Waals surface area contributed by atoms with Gasteiger partial charge in [0.25, 0.3) is 0 Å². The van der Waals surface area contributed by atoms with Gasteiger partial charge in [0.1, 0.15) is 36.9 Å². The first kappa shape index (κ1) is 13.0. The molecule has 1 aliphatic rings. The van der Waals surface area contributed by atoms with Crippen LogP contribution in [0.15, 0.2) is 43.5 Å². The predicted molar refractivity (Wildman–Crippen MR) is 68.2 cm³/mol. The van der Waals surface area contributed by atoms with Gasteiger partial charge < -0.3 is 4.74 Å². The molecule has 0 spiro atoms. The van der Waals surface area contributed by atoms with Crippen LogP contribution in [0.25, 0.3) is 0 Å². The molecule has 0 unspecified atom stereocenters. The van der Waals surface area contributed by atoms with Crippen LogP contribution in [0.5, 0.6) is 0 Å². The monoisotopic (exact) mass is 304 g/mol. The van der Waals surface area contributed by atoms with Gasteiger partial charge >= 0.3 is 0 Å². The summed E-state index contributed by atoms with van der Waals surface area (Å²) in [6, 6.07) is 3.40. The largest absolute Gasteiger partial charge is 0.335 e. The zero-order chi connectivity index (χ0) is 15.2. The number of ether oxygens (including phenoxy) is 1. The van der Waals surface area contributed by atoms with E-state index in [4.69, 9.17) is 4.74 Å². The molecule has 2 aromatic heterocycles. The van der Waals surface area contributed by atoms with Crippen LogP contribution >= 0.6 is 0 Å². The summed E-state index contributed by atoms with van der Waals surface area (Å²) in [6.07, 6.45) is 5.18. The third-order valence-corrected chi connectivity index (χ3v) is 3.59. The summed E-state index contributed by atoms with van der Waals surface area (Å²) in [5.41, 5.74) is -0.788. The van der Waals surface area contributed by atoms with Crippen molar-refractivity contribution in [3.8, 4) is 0 Å². The van der Waals surface area contributed by atoms with Crippen molar-refractivity contribution in [2.24, 2.45) is 0 Å². The van der Waals surface area contributed by atoms with Crippen molar-refractivity contribution >= 4 is 0 Å². The first-order chi connectivity index (χ1) is 10.7. The molecule has 9 heteroatoms. The number of halogens is 2. The molecule has 1 aromatic carbocycles. The van der Waals surface area contributed by atoms with Crippen molar-refractivity contribution in [2.75, 3.05) is 0 Å². The second-order valence-corrected chi connectivity index (χ2v) is 4.95. The van der Waals surface area contributed by atoms with Crippen LogP contribution in [0.3, 0.4) is 0 Å². The highest BCUT2D eigenvalue weighted by Crippen LogP contribution is 2.55. The van der Waals surface area contributed by atoms with Crippen molar-refractivity contribution in [1.29, 1.82) is 0 Å². The highest BCUT2D eigenvalue weighted by atomic mass is 19.1. The minimum atomic E-state index is -1.03. The van der Waals surface area contributed by atoms with E-state index in [1.807, 2.05) is 0 Å². The zero-order valence-corrected chi connectivity index (χ0v) is 11.2. The van der Waals surface area contributed by atoms with Crippen molar-refractivity contribution in [3.63, 3.8) is 0 Å². The molecule has 3 aromatic rings. The van der Waals surface area contributed by atoms with Gasteiger partial charge in [0, 0.05) is 11.6 Å². The lowest BCUT2D eigenvalue weighted by molar-refractivity contribution is 0.246. The first-order valence-electron chi connectivity index (χ1n) is 6.49. The van der Waals surface area contributed by atoms with E-state index in [-0.39, 0.29) is 12.1 Å². The third kappa shape index (κ3) is 1.98. The van der Waals surface area contributed by atoms with Gasteiger partial charge in [-0.25, -0.2) is 28.1 Å². The lowest BCUT2D eigenvalue weighted by Gasteiger charge is -2.14. The molecular formula is C13H10F2N6O. The molecule has 4 rings (SSSR count). The van der Waals surface area contributed by atoms with E-state index in [0.717, 1.165) is 6.07 Å². The van der Waals surface area contributed by atoms with Gasteiger partial charge in [0.2, 0.25) is 0 Å². The van der Waals surface area contributed by atoms with Crippen LogP contribution < -0.4 is 0 Å². The van der Waals surface area contributed by atoms with Gasteiger partial charge in [0.15, 0.2) is 11.8 Å². The Morgan fingerprint density at radius 3 is 2.64 bits per heavy atom. The topological polar surface area (TPSA) is 74.0 Å². The molecule has 7 nitrogen and oxygen atoms in total. The van der Waals surface area contributed by atoms with Crippen molar-refractivity contribution in [2.45, 2.75) is 18.4 Å². The van der Waals surface area contributed by atoms with Gasteiger partial charge in [-0.1, -0.05) is 6.07 Å². The van der Waals surface area contributed by atoms with Crippen LogP contribution in [0.4, 0.5) is 8.78 Å². The Balaban J connectivity index is 1.76. The standard InChI is InChI=1S/C13H10F2N6O/c14-9-1-2-10(11(15)3-9)13(4-20-7-16-5-18-20)12(22-13)21-8-17-6-19-21/h1-3,5-8,12H,4H2/t12-,13-/m0/s1. The SMILES string of the molecule is Fc1ccc([C@]2(Cn3cncn3)O[C@@H]2n2cncn2)c(F)c1. The molecular weight excluding hydrogens is 294 g/mol. The van der Waals surface area contributed by atoms with Crippen LogP contribution in [-0.4, -0.2) is 29.5 Å². The molecule has 0 aliphatic carbocycles. The summed E-state index contributed by atoms with van der Waals surface area (Å²) in [4.78, 5) is 7.72. The highest BCUT2D eigenvalue weighted by Gasteiger charge is 2.61. The normalized spacial score (nSPS) is 23.6. The van der Waals surface area contributed by atoms with E-state index in [2.05, 4.69) is 20.2 Å². The maximum absolute atomic E-state index is 14.2. The van der Waals surface area contributed by atoms with Crippen LogP contribution in [0.1, 0.15) is 11.8 Å². The molecule has 0 saturated carbocycles. The van der Waals surface area contributed by atoms with E-state index in [1.54, 1.807) is 0 Å². The average molecular weight is 304 g/mol. The highest BCUT2D eigenvalue weighted by molar-refractivity contribution is 5.30. The Hall–Kier alpha value is -2.68. The molecule has 0 radical (unpaired) electrons. The fourth-order valence-corrected chi connectivity index (χ4v) is 2.56. The fourth-order valence-electron chi connectivity index (χ4n) is 2.56. The number of epoxide rings is 1. The number of hydrogen-bond donors (Lipinski definition) is 0. The van der Waals surface area contributed by atoms with E-state index in [9.17, 15) is 8.78 Å². The quantitative estimate of drug-likeness (QED) is 0.679. The second kappa shape index (κ2) is 4.67. The molecule has 22 heavy (non-hydrogen) atoms. The molecule has 1 fully saturated rings. The molecule has 1 aliphatic heterocycles. The smallest absolute Gasteiger partial charge is 0.188 e. The van der Waals surface area contributed by atoms with E-state index in [1.165, 1.54) is 46.8 Å². The molecule has 3 heterocycles. The van der Waals surface area contributed by atoms with Crippen LogP contribution in [0, 0.1) is 11.6 Å². The molecule has 112 valence electrons. The van der Waals surface area contributed by atoms with Gasteiger partial charge in [-0.05, 0) is 6.07 Å². The number of hydrogen-bond acceptors (Lipinski definition) is 5. The van der Waals surface area contributed by atoms with E-state index < -0.39 is 23.5 Å². The van der Waals surface area contributed by atoms with Gasteiger partial charge in [-0.3, -0.25) is 0 Å². The minimum absolute atomic E-state index is 0.222. The minimum Gasteiger partial charge on any atom is -0.335 e. The van der Waals surface area contributed by atoms with Crippen molar-refractivity contribution in [1.82, 2.24) is 29.5 Å². The Bertz CT molecular complexity index is 791. The fraction of sp³-hybridized carbons (Fsp3) is 0.231. The summed E-state index contributed by atoms with van der Waals surface area (Å²) in [5.74, 6) is -1.32. The van der Waals surface area contributed by atoms with Gasteiger partial charge in [0.05, 0.1) is 6.54 Å². The summed E-state index contributed by atoms with van der Waals surface area (Å²) in [7, 11) is 0. The Morgan fingerprint density at radius 1 is 1.14 bits per heavy atom. The first-order valence-corrected chi connectivity index (χ1v) is 6.49. The number of benzene rings is 1. The van der Waals surface area contributed by atoms with Crippen LogP contribution in [0.2, 0.25) is 0 Å². The third-order valence-electron chi connectivity index (χ3n) is 3.59. The summed E-state index contributed by atoms with van der Waals surface area (Å²) in [5, 5.41) is 8.03. The van der Waals surface area contributed by atoms with E-state index >= 15 is 0 Å². The lowest BCUT2D eigenvalue weighted by Crippen LogP contribution is -2.22. The molecule has 1 saturated heterocycles. The molecule has 2 atom stereocenters. The molecule has 0 N–H and O–H groups in total. The molecule has 0 amide bonds. The van der Waals surface area contributed by atoms with Gasteiger partial charge in [-0.2, -0.15) is 10.2 Å². The van der Waals surface area contributed by atoms with Crippen molar-refractivity contribution in [3.05, 3.63) is 60.7 Å². The van der Waals surface area contributed by atoms with E-state index in [0.29, 0.717) is 0 Å². The summed E-state index contributed by atoms with van der Waals surface area (Å²) < 4.78 is 36.1.